The molecule has 2 atom stereocenters. The zero-order valence-corrected chi connectivity index (χ0v) is 8.99. The lowest BCUT2D eigenvalue weighted by Gasteiger charge is -2.16. The summed E-state index contributed by atoms with van der Waals surface area (Å²) in [7, 11) is 0. The van der Waals surface area contributed by atoms with E-state index in [1.165, 1.54) is 13.1 Å². The number of carboxylic acid groups (broad SMARTS) is 1. The van der Waals surface area contributed by atoms with Gasteiger partial charge < -0.3 is 20.6 Å². The van der Waals surface area contributed by atoms with E-state index >= 15 is 0 Å². The van der Waals surface area contributed by atoms with Crippen LogP contribution in [0.4, 0.5) is 0 Å². The fourth-order valence-corrected chi connectivity index (χ4v) is 1.17. The van der Waals surface area contributed by atoms with Crippen molar-refractivity contribution in [2.45, 2.75) is 19.1 Å². The number of pyridine rings is 1. The maximum absolute atomic E-state index is 11.6. The van der Waals surface area contributed by atoms with Crippen LogP contribution in [0.2, 0.25) is 0 Å². The van der Waals surface area contributed by atoms with E-state index in [0.717, 1.165) is 12.3 Å². The van der Waals surface area contributed by atoms with Gasteiger partial charge in [0, 0.05) is 6.20 Å². The highest BCUT2D eigenvalue weighted by Crippen LogP contribution is 2.08. The van der Waals surface area contributed by atoms with Crippen molar-refractivity contribution in [1.82, 2.24) is 10.3 Å². The van der Waals surface area contributed by atoms with Gasteiger partial charge in [0.05, 0.1) is 17.9 Å². The van der Waals surface area contributed by atoms with Crippen LogP contribution < -0.4 is 5.32 Å². The highest BCUT2D eigenvalue weighted by molar-refractivity contribution is 5.96. The zero-order chi connectivity index (χ0) is 13.0. The molecule has 7 nitrogen and oxygen atoms in total. The molecule has 92 valence electrons. The molecule has 17 heavy (non-hydrogen) atoms. The van der Waals surface area contributed by atoms with Gasteiger partial charge in [0.1, 0.15) is 5.75 Å². The molecule has 0 saturated carbocycles. The predicted molar refractivity (Wildman–Crippen MR) is 56.5 cm³/mol. The Labute approximate surface area is 96.7 Å². The van der Waals surface area contributed by atoms with E-state index in [9.17, 15) is 14.7 Å². The van der Waals surface area contributed by atoms with E-state index in [-0.39, 0.29) is 11.3 Å². The number of aliphatic carboxylic acids is 1. The molecule has 1 aromatic heterocycles. The van der Waals surface area contributed by atoms with Gasteiger partial charge in [-0.3, -0.25) is 9.78 Å². The molecule has 1 aromatic rings. The van der Waals surface area contributed by atoms with Crippen LogP contribution in [0.3, 0.4) is 0 Å². The molecule has 0 aliphatic heterocycles. The number of nitrogens with one attached hydrogen (secondary N) is 1. The standard InChI is InChI=1S/C10H12N2O5/c1-5(13)8(10(16)17)12-9(15)6-2-7(14)4-11-3-6/h2-5,8,13-14H,1H3,(H,12,15)(H,16,17). The summed E-state index contributed by atoms with van der Waals surface area (Å²) in [6.45, 7) is 1.25. The van der Waals surface area contributed by atoms with Crippen molar-refractivity contribution in [2.24, 2.45) is 0 Å². The van der Waals surface area contributed by atoms with Gasteiger partial charge in [-0.25, -0.2) is 4.79 Å². The first-order chi connectivity index (χ1) is 7.91. The lowest BCUT2D eigenvalue weighted by Crippen LogP contribution is -2.47. The van der Waals surface area contributed by atoms with Crippen molar-refractivity contribution < 1.29 is 24.9 Å². The number of carbonyl (C=O) groups is 2. The van der Waals surface area contributed by atoms with Crippen LogP contribution in [0, 0.1) is 0 Å². The molecule has 0 spiro atoms. The molecule has 0 radical (unpaired) electrons. The Balaban J connectivity index is 2.81. The smallest absolute Gasteiger partial charge is 0.328 e. The number of aromatic nitrogens is 1. The van der Waals surface area contributed by atoms with E-state index < -0.39 is 24.0 Å². The number of carboxylic acids is 1. The lowest BCUT2D eigenvalue weighted by atomic mass is 10.1. The minimum Gasteiger partial charge on any atom is -0.506 e. The molecule has 0 bridgehead atoms. The first-order valence-corrected chi connectivity index (χ1v) is 4.77. The topological polar surface area (TPSA) is 120 Å². The highest BCUT2D eigenvalue weighted by atomic mass is 16.4. The second-order valence-corrected chi connectivity index (χ2v) is 3.46. The number of aliphatic hydroxyl groups is 1. The summed E-state index contributed by atoms with van der Waals surface area (Å²) < 4.78 is 0. The van der Waals surface area contributed by atoms with Crippen LogP contribution in [-0.4, -0.2) is 44.3 Å². The number of aliphatic hydroxyl groups excluding tert-OH is 1. The summed E-state index contributed by atoms with van der Waals surface area (Å²) in [6.07, 6.45) is 1.08. The fraction of sp³-hybridized carbons (Fsp3) is 0.300. The predicted octanol–water partition coefficient (Wildman–Crippen LogP) is -0.649. The Kier molecular flexibility index (Phi) is 4.00. The van der Waals surface area contributed by atoms with Gasteiger partial charge in [-0.2, -0.15) is 0 Å². The third-order valence-corrected chi connectivity index (χ3v) is 2.02. The number of nitrogens with zero attached hydrogens (tertiary/aromatic N) is 1. The molecule has 7 heteroatoms. The molecule has 2 unspecified atom stereocenters. The molecule has 0 saturated heterocycles. The van der Waals surface area contributed by atoms with Gasteiger partial charge >= 0.3 is 5.97 Å². The first kappa shape index (κ1) is 12.9. The van der Waals surface area contributed by atoms with E-state index in [2.05, 4.69) is 10.3 Å². The van der Waals surface area contributed by atoms with E-state index in [4.69, 9.17) is 10.2 Å². The first-order valence-electron chi connectivity index (χ1n) is 4.77. The van der Waals surface area contributed by atoms with E-state index in [0.29, 0.717) is 0 Å². The Bertz CT molecular complexity index is 432. The lowest BCUT2D eigenvalue weighted by molar-refractivity contribution is -0.141. The third kappa shape index (κ3) is 3.42. The maximum Gasteiger partial charge on any atom is 0.328 e. The normalized spacial score (nSPS) is 13.8. The van der Waals surface area contributed by atoms with Gasteiger partial charge in [0.2, 0.25) is 0 Å². The number of amides is 1. The molecular weight excluding hydrogens is 228 g/mol. The molecule has 0 fully saturated rings. The molecule has 1 heterocycles. The van der Waals surface area contributed by atoms with Crippen LogP contribution in [0.25, 0.3) is 0 Å². The Morgan fingerprint density at radius 2 is 2.06 bits per heavy atom. The average molecular weight is 240 g/mol. The molecular formula is C10H12N2O5. The largest absolute Gasteiger partial charge is 0.506 e. The second-order valence-electron chi connectivity index (χ2n) is 3.46. The summed E-state index contributed by atoms with van der Waals surface area (Å²) in [5.41, 5.74) is 0.0110. The van der Waals surface area contributed by atoms with Crippen molar-refractivity contribution >= 4 is 11.9 Å². The number of hydrogen-bond donors (Lipinski definition) is 4. The van der Waals surface area contributed by atoms with Crippen molar-refractivity contribution in [2.75, 3.05) is 0 Å². The summed E-state index contributed by atoms with van der Waals surface area (Å²) >= 11 is 0. The summed E-state index contributed by atoms with van der Waals surface area (Å²) in [6, 6.07) is -0.270. The fourth-order valence-electron chi connectivity index (χ4n) is 1.17. The highest BCUT2D eigenvalue weighted by Gasteiger charge is 2.25. The van der Waals surface area contributed by atoms with Crippen molar-refractivity contribution in [3.05, 3.63) is 24.0 Å². The van der Waals surface area contributed by atoms with Crippen LogP contribution in [0.15, 0.2) is 18.5 Å². The molecule has 0 aliphatic rings. The Morgan fingerprint density at radius 1 is 1.41 bits per heavy atom. The van der Waals surface area contributed by atoms with Gasteiger partial charge in [-0.15, -0.1) is 0 Å². The molecule has 0 aromatic carbocycles. The zero-order valence-electron chi connectivity index (χ0n) is 8.99. The van der Waals surface area contributed by atoms with Crippen molar-refractivity contribution in [1.29, 1.82) is 0 Å². The molecule has 4 N–H and O–H groups in total. The molecule has 1 amide bonds. The quantitative estimate of drug-likeness (QED) is 0.555. The summed E-state index contributed by atoms with van der Waals surface area (Å²) in [5.74, 6) is -2.29. The minimum absolute atomic E-state index is 0.0110. The van der Waals surface area contributed by atoms with Crippen molar-refractivity contribution in [3.8, 4) is 5.75 Å². The number of aromatic hydroxyl groups is 1. The van der Waals surface area contributed by atoms with Crippen LogP contribution >= 0.6 is 0 Å². The monoisotopic (exact) mass is 240 g/mol. The second kappa shape index (κ2) is 5.26. The Hall–Kier alpha value is -2.15. The maximum atomic E-state index is 11.6. The third-order valence-electron chi connectivity index (χ3n) is 2.02. The van der Waals surface area contributed by atoms with Gasteiger partial charge in [0.15, 0.2) is 6.04 Å². The summed E-state index contributed by atoms with van der Waals surface area (Å²) in [5, 5.41) is 29.2. The van der Waals surface area contributed by atoms with E-state index in [1.54, 1.807) is 0 Å². The Morgan fingerprint density at radius 3 is 2.53 bits per heavy atom. The van der Waals surface area contributed by atoms with Gasteiger partial charge in [0.25, 0.3) is 5.91 Å². The van der Waals surface area contributed by atoms with Crippen LogP contribution in [-0.2, 0) is 4.79 Å². The summed E-state index contributed by atoms with van der Waals surface area (Å²) in [4.78, 5) is 25.9. The van der Waals surface area contributed by atoms with Gasteiger partial charge in [-0.05, 0) is 13.0 Å². The van der Waals surface area contributed by atoms with E-state index in [1.807, 2.05) is 0 Å². The minimum atomic E-state index is -1.41. The SMILES string of the molecule is CC(O)C(NC(=O)c1cncc(O)c1)C(=O)O. The number of carbonyl (C=O) groups excluding carboxylic acids is 1. The molecule has 1 rings (SSSR count). The average Bonchev–Trinajstić information content (AvgIpc) is 2.24. The number of rotatable bonds is 4. The van der Waals surface area contributed by atoms with Crippen LogP contribution in [0.5, 0.6) is 5.75 Å². The van der Waals surface area contributed by atoms with Gasteiger partial charge in [-0.1, -0.05) is 0 Å². The molecule has 0 aliphatic carbocycles. The van der Waals surface area contributed by atoms with Crippen LogP contribution in [0.1, 0.15) is 17.3 Å². The van der Waals surface area contributed by atoms with Crippen molar-refractivity contribution in [3.63, 3.8) is 0 Å². The number of hydrogen-bond acceptors (Lipinski definition) is 5.